The van der Waals surface area contributed by atoms with Crippen molar-refractivity contribution in [3.63, 3.8) is 0 Å². The molecule has 0 aliphatic carbocycles. The number of hydrogen-bond acceptors (Lipinski definition) is 5. The predicted molar refractivity (Wildman–Crippen MR) is 112 cm³/mol. The van der Waals surface area contributed by atoms with Crippen LogP contribution >= 0.6 is 0 Å². The lowest BCUT2D eigenvalue weighted by molar-refractivity contribution is -0.121. The van der Waals surface area contributed by atoms with E-state index in [4.69, 9.17) is 4.74 Å². The summed E-state index contributed by atoms with van der Waals surface area (Å²) in [5.74, 6) is 0.550. The van der Waals surface area contributed by atoms with Crippen LogP contribution in [0.4, 0.5) is 5.69 Å². The molecule has 7 nitrogen and oxygen atoms in total. The van der Waals surface area contributed by atoms with Crippen molar-refractivity contribution in [2.24, 2.45) is 0 Å². The zero-order valence-corrected chi connectivity index (χ0v) is 17.6. The number of rotatable bonds is 7. The van der Waals surface area contributed by atoms with Crippen molar-refractivity contribution in [2.45, 2.75) is 24.8 Å². The van der Waals surface area contributed by atoms with Crippen LogP contribution in [0.15, 0.2) is 59.5 Å². The number of hydrogen-bond donors (Lipinski definition) is 1. The van der Waals surface area contributed by atoms with Crippen molar-refractivity contribution in [1.82, 2.24) is 9.21 Å². The molecule has 2 aromatic carbocycles. The summed E-state index contributed by atoms with van der Waals surface area (Å²) in [6, 6.07) is 15.4. The number of carbonyl (C=O) groups excluding carboxylic acids is 1. The second-order valence-electron chi connectivity index (χ2n) is 6.88. The van der Waals surface area contributed by atoms with Crippen LogP contribution in [0.2, 0.25) is 0 Å². The maximum atomic E-state index is 12.9. The molecule has 1 aliphatic heterocycles. The Morgan fingerprint density at radius 1 is 1.03 bits per heavy atom. The molecule has 1 aliphatic rings. The Morgan fingerprint density at radius 2 is 1.66 bits per heavy atom. The Morgan fingerprint density at radius 3 is 2.24 bits per heavy atom. The Balaban J connectivity index is 1.58. The molecular formula is C21H27N3O4S. The summed E-state index contributed by atoms with van der Waals surface area (Å²) in [7, 11) is -3.56. The number of carbonyl (C=O) groups is 1. The molecule has 0 bridgehead atoms. The number of benzene rings is 2. The number of anilines is 1. The van der Waals surface area contributed by atoms with Crippen molar-refractivity contribution in [2.75, 3.05) is 38.1 Å². The van der Waals surface area contributed by atoms with Gasteiger partial charge in [0, 0.05) is 31.9 Å². The van der Waals surface area contributed by atoms with Gasteiger partial charge in [-0.25, -0.2) is 8.42 Å². The van der Waals surface area contributed by atoms with E-state index in [0.29, 0.717) is 38.5 Å². The average molecular weight is 418 g/mol. The highest BCUT2D eigenvalue weighted by Crippen LogP contribution is 2.21. The van der Waals surface area contributed by atoms with Gasteiger partial charge in [0.2, 0.25) is 15.9 Å². The van der Waals surface area contributed by atoms with E-state index < -0.39 is 10.0 Å². The number of para-hydroxylation sites is 1. The number of nitrogens with zero attached hydrogens (tertiary/aromatic N) is 2. The van der Waals surface area contributed by atoms with Gasteiger partial charge < -0.3 is 10.1 Å². The number of nitrogens with one attached hydrogen (secondary N) is 1. The first-order chi connectivity index (χ1) is 13.9. The molecule has 0 spiro atoms. The highest BCUT2D eigenvalue weighted by atomic mass is 32.2. The van der Waals surface area contributed by atoms with Crippen LogP contribution in [0.1, 0.15) is 13.8 Å². The highest BCUT2D eigenvalue weighted by molar-refractivity contribution is 7.89. The number of piperazine rings is 1. The van der Waals surface area contributed by atoms with Crippen molar-refractivity contribution in [1.29, 1.82) is 0 Å². The van der Waals surface area contributed by atoms with Gasteiger partial charge in [-0.1, -0.05) is 18.2 Å². The molecule has 0 aromatic heterocycles. The molecule has 1 heterocycles. The average Bonchev–Trinajstić information content (AvgIpc) is 2.74. The summed E-state index contributed by atoms with van der Waals surface area (Å²) in [4.78, 5) is 14.8. The standard InChI is InChI=1S/C21H27N3O4S/c1-3-28-19-9-11-20(12-10-19)29(26,27)24-15-13-23(14-16-24)17(2)21(25)22-18-7-5-4-6-8-18/h4-12,17H,3,13-16H2,1-2H3,(H,22,25)/t17-/m0/s1. The normalized spacial score (nSPS) is 16.9. The monoisotopic (exact) mass is 417 g/mol. The van der Waals surface area contributed by atoms with Crippen molar-refractivity contribution in [3.8, 4) is 5.75 Å². The molecule has 8 heteroatoms. The third-order valence-electron chi connectivity index (χ3n) is 5.01. The van der Waals surface area contributed by atoms with Gasteiger partial charge in [-0.15, -0.1) is 0 Å². The van der Waals surface area contributed by atoms with E-state index in [1.165, 1.54) is 4.31 Å². The van der Waals surface area contributed by atoms with Crippen LogP contribution in [0, 0.1) is 0 Å². The third kappa shape index (κ3) is 5.14. The Hall–Kier alpha value is -2.42. The zero-order chi connectivity index (χ0) is 20.9. The van der Waals surface area contributed by atoms with Crippen molar-refractivity contribution < 1.29 is 17.9 Å². The molecule has 156 valence electrons. The summed E-state index contributed by atoms with van der Waals surface area (Å²) in [6.45, 7) is 5.94. The van der Waals surface area contributed by atoms with Crippen LogP contribution in [0.3, 0.4) is 0 Å². The Kier molecular flexibility index (Phi) is 6.89. The number of sulfonamides is 1. The number of amides is 1. The Bertz CT molecular complexity index is 909. The van der Waals surface area contributed by atoms with Gasteiger partial charge in [0.15, 0.2) is 0 Å². The fourth-order valence-corrected chi connectivity index (χ4v) is 4.71. The lowest BCUT2D eigenvalue weighted by Gasteiger charge is -2.36. The van der Waals surface area contributed by atoms with E-state index >= 15 is 0 Å². The number of ether oxygens (including phenoxy) is 1. The summed E-state index contributed by atoms with van der Waals surface area (Å²) in [6.07, 6.45) is 0. The predicted octanol–water partition coefficient (Wildman–Crippen LogP) is 2.42. The molecule has 2 aromatic rings. The Labute approximate surface area is 172 Å². The molecule has 1 amide bonds. The summed E-state index contributed by atoms with van der Waals surface area (Å²) >= 11 is 0. The van der Waals surface area contributed by atoms with Gasteiger partial charge >= 0.3 is 0 Å². The first-order valence-electron chi connectivity index (χ1n) is 9.75. The van der Waals surface area contributed by atoms with Crippen molar-refractivity contribution in [3.05, 3.63) is 54.6 Å². The maximum Gasteiger partial charge on any atom is 0.243 e. The lowest BCUT2D eigenvalue weighted by Crippen LogP contribution is -2.53. The molecule has 29 heavy (non-hydrogen) atoms. The molecule has 1 atom stereocenters. The van der Waals surface area contributed by atoms with E-state index in [9.17, 15) is 13.2 Å². The lowest BCUT2D eigenvalue weighted by atomic mass is 10.2. The molecule has 0 unspecified atom stereocenters. The second kappa shape index (κ2) is 9.39. The minimum absolute atomic E-state index is 0.0981. The van der Waals surface area contributed by atoms with E-state index in [1.54, 1.807) is 24.3 Å². The van der Waals surface area contributed by atoms with Gasteiger partial charge in [0.1, 0.15) is 5.75 Å². The molecule has 1 N–H and O–H groups in total. The van der Waals surface area contributed by atoms with E-state index in [-0.39, 0.29) is 16.8 Å². The molecule has 0 saturated carbocycles. The third-order valence-corrected chi connectivity index (χ3v) is 6.93. The smallest absolute Gasteiger partial charge is 0.243 e. The topological polar surface area (TPSA) is 79.0 Å². The quantitative estimate of drug-likeness (QED) is 0.749. The van der Waals surface area contributed by atoms with Gasteiger partial charge in [0.25, 0.3) is 0 Å². The van der Waals surface area contributed by atoms with Gasteiger partial charge in [-0.05, 0) is 50.2 Å². The molecule has 0 radical (unpaired) electrons. The van der Waals surface area contributed by atoms with Crippen LogP contribution in [-0.4, -0.2) is 62.4 Å². The van der Waals surface area contributed by atoms with Crippen LogP contribution in [0.25, 0.3) is 0 Å². The van der Waals surface area contributed by atoms with Crippen LogP contribution in [-0.2, 0) is 14.8 Å². The van der Waals surface area contributed by atoms with Crippen molar-refractivity contribution >= 4 is 21.6 Å². The van der Waals surface area contributed by atoms with Gasteiger partial charge in [-0.2, -0.15) is 4.31 Å². The summed E-state index contributed by atoms with van der Waals surface area (Å²) in [5.41, 5.74) is 0.751. The van der Waals surface area contributed by atoms with E-state index in [2.05, 4.69) is 5.32 Å². The first-order valence-corrected chi connectivity index (χ1v) is 11.2. The largest absolute Gasteiger partial charge is 0.494 e. The molecule has 1 saturated heterocycles. The highest BCUT2D eigenvalue weighted by Gasteiger charge is 2.31. The first kappa shape index (κ1) is 21.3. The van der Waals surface area contributed by atoms with Gasteiger partial charge in [0.05, 0.1) is 17.5 Å². The van der Waals surface area contributed by atoms with Gasteiger partial charge in [-0.3, -0.25) is 9.69 Å². The maximum absolute atomic E-state index is 12.9. The minimum atomic E-state index is -3.56. The molecule has 1 fully saturated rings. The SMILES string of the molecule is CCOc1ccc(S(=O)(=O)N2CCN([C@@H](C)C(=O)Nc3ccccc3)CC2)cc1. The van der Waals surface area contributed by atoms with Crippen LogP contribution < -0.4 is 10.1 Å². The fraction of sp³-hybridized carbons (Fsp3) is 0.381. The molecular weight excluding hydrogens is 390 g/mol. The van der Waals surface area contributed by atoms with Crippen LogP contribution in [0.5, 0.6) is 5.75 Å². The fourth-order valence-electron chi connectivity index (χ4n) is 3.29. The summed E-state index contributed by atoms with van der Waals surface area (Å²) in [5, 5.41) is 2.90. The zero-order valence-electron chi connectivity index (χ0n) is 16.7. The van der Waals surface area contributed by atoms with E-state index in [1.807, 2.05) is 49.1 Å². The second-order valence-corrected chi connectivity index (χ2v) is 8.81. The molecule has 3 rings (SSSR count). The minimum Gasteiger partial charge on any atom is -0.494 e. The summed E-state index contributed by atoms with van der Waals surface area (Å²) < 4.78 is 32.6. The van der Waals surface area contributed by atoms with E-state index in [0.717, 1.165) is 5.69 Å².